The van der Waals surface area contributed by atoms with E-state index in [2.05, 4.69) is 11.8 Å². The first-order valence-corrected chi connectivity index (χ1v) is 9.35. The third-order valence-electron chi connectivity index (χ3n) is 4.95. The first-order valence-electron chi connectivity index (χ1n) is 9.35. The van der Waals surface area contributed by atoms with Gasteiger partial charge >= 0.3 is 0 Å². The van der Waals surface area contributed by atoms with E-state index in [0.717, 1.165) is 18.4 Å². The number of ether oxygens (including phenoxy) is 1. The van der Waals surface area contributed by atoms with Crippen molar-refractivity contribution in [1.82, 2.24) is 4.90 Å². The molecule has 1 aliphatic heterocycles. The standard InChI is InChI=1S/C22H27F2NO2.ClH/c1-14(25-12-16-17(13-25)19(24)9-8-18(16)23)5-6-15-7-10-20(26)21(11-15)27-22(2,3)4;/h7-11,14,26H,5-6,12-13H2,1-4H3;1H/t14-;/m1./s1. The van der Waals surface area contributed by atoms with Gasteiger partial charge in [0, 0.05) is 30.3 Å². The van der Waals surface area contributed by atoms with Crippen molar-refractivity contribution in [2.75, 3.05) is 0 Å². The van der Waals surface area contributed by atoms with Gasteiger partial charge in [-0.25, -0.2) is 8.78 Å². The van der Waals surface area contributed by atoms with E-state index in [1.165, 1.54) is 12.1 Å². The summed E-state index contributed by atoms with van der Waals surface area (Å²) in [7, 11) is 0. The Labute approximate surface area is 171 Å². The third-order valence-corrected chi connectivity index (χ3v) is 4.95. The van der Waals surface area contributed by atoms with Crippen LogP contribution < -0.4 is 4.74 Å². The van der Waals surface area contributed by atoms with Gasteiger partial charge in [0.15, 0.2) is 11.5 Å². The normalized spacial score (nSPS) is 15.1. The number of rotatable bonds is 5. The molecule has 1 aliphatic rings. The van der Waals surface area contributed by atoms with Crippen molar-refractivity contribution in [1.29, 1.82) is 0 Å². The summed E-state index contributed by atoms with van der Waals surface area (Å²) in [6.07, 6.45) is 1.64. The van der Waals surface area contributed by atoms with Crippen molar-refractivity contribution in [2.24, 2.45) is 0 Å². The van der Waals surface area contributed by atoms with Gasteiger partial charge in [-0.2, -0.15) is 0 Å². The molecule has 1 N–H and O–H groups in total. The maximum atomic E-state index is 13.9. The van der Waals surface area contributed by atoms with Gasteiger partial charge in [-0.3, -0.25) is 4.90 Å². The van der Waals surface area contributed by atoms with Crippen LogP contribution in [0.2, 0.25) is 0 Å². The predicted octanol–water partition coefficient (Wildman–Crippen LogP) is 5.61. The van der Waals surface area contributed by atoms with E-state index in [0.29, 0.717) is 30.0 Å². The van der Waals surface area contributed by atoms with Crippen LogP contribution in [0, 0.1) is 11.6 Å². The SMILES string of the molecule is C[C@H](CCc1ccc(O)c(OC(C)(C)C)c1)N1Cc2c(F)ccc(F)c2C1.Cl. The molecule has 0 saturated heterocycles. The number of hydrogen-bond donors (Lipinski definition) is 1. The van der Waals surface area contributed by atoms with E-state index in [4.69, 9.17) is 4.74 Å². The molecular weight excluding hydrogens is 384 g/mol. The van der Waals surface area contributed by atoms with Gasteiger partial charge in [-0.05, 0) is 70.4 Å². The summed E-state index contributed by atoms with van der Waals surface area (Å²) >= 11 is 0. The van der Waals surface area contributed by atoms with Crippen molar-refractivity contribution in [3.63, 3.8) is 0 Å². The number of phenols is 1. The Bertz CT molecular complexity index is 805. The minimum Gasteiger partial charge on any atom is -0.504 e. The number of aryl methyl sites for hydroxylation is 1. The molecule has 0 spiro atoms. The molecule has 0 amide bonds. The Kier molecular flexibility index (Phi) is 6.94. The number of phenolic OH excluding ortho intramolecular Hbond substituents is 1. The topological polar surface area (TPSA) is 32.7 Å². The van der Waals surface area contributed by atoms with Gasteiger partial charge in [-0.1, -0.05) is 6.07 Å². The number of nitrogens with zero attached hydrogens (tertiary/aromatic N) is 1. The largest absolute Gasteiger partial charge is 0.504 e. The van der Waals surface area contributed by atoms with Crippen molar-refractivity contribution < 1.29 is 18.6 Å². The number of aromatic hydroxyl groups is 1. The lowest BCUT2D eigenvalue weighted by atomic mass is 10.0. The minimum atomic E-state index is -0.390. The smallest absolute Gasteiger partial charge is 0.161 e. The molecular formula is C22H28ClF2NO2. The fourth-order valence-electron chi connectivity index (χ4n) is 3.44. The van der Waals surface area contributed by atoms with Crippen LogP contribution in [-0.2, 0) is 19.5 Å². The Morgan fingerprint density at radius 3 is 2.18 bits per heavy atom. The van der Waals surface area contributed by atoms with Crippen molar-refractivity contribution in [3.05, 3.63) is 58.7 Å². The monoisotopic (exact) mass is 411 g/mol. The first-order chi connectivity index (χ1) is 12.6. The fourth-order valence-corrected chi connectivity index (χ4v) is 3.44. The average molecular weight is 412 g/mol. The summed E-state index contributed by atoms with van der Waals surface area (Å²) in [6.45, 7) is 8.76. The van der Waals surface area contributed by atoms with Gasteiger partial charge < -0.3 is 9.84 Å². The fraction of sp³-hybridized carbons (Fsp3) is 0.455. The summed E-state index contributed by atoms with van der Waals surface area (Å²) in [5, 5.41) is 10.00. The summed E-state index contributed by atoms with van der Waals surface area (Å²) in [4.78, 5) is 2.10. The molecule has 2 aromatic rings. The second-order valence-corrected chi connectivity index (χ2v) is 8.30. The molecule has 0 bridgehead atoms. The molecule has 0 fully saturated rings. The summed E-state index contributed by atoms with van der Waals surface area (Å²) in [6, 6.07) is 7.99. The van der Waals surface area contributed by atoms with Crippen LogP contribution in [0.4, 0.5) is 8.78 Å². The maximum Gasteiger partial charge on any atom is 0.161 e. The lowest BCUT2D eigenvalue weighted by Gasteiger charge is -2.24. The van der Waals surface area contributed by atoms with E-state index in [-0.39, 0.29) is 35.8 Å². The highest BCUT2D eigenvalue weighted by Crippen LogP contribution is 2.32. The van der Waals surface area contributed by atoms with Crippen LogP contribution >= 0.6 is 12.4 Å². The second-order valence-electron chi connectivity index (χ2n) is 8.30. The molecule has 0 saturated carbocycles. The zero-order valence-electron chi connectivity index (χ0n) is 16.8. The summed E-state index contributed by atoms with van der Waals surface area (Å²) in [5.74, 6) is -0.0553. The van der Waals surface area contributed by atoms with Crippen LogP contribution in [-0.4, -0.2) is 21.6 Å². The zero-order valence-corrected chi connectivity index (χ0v) is 17.6. The molecule has 6 heteroatoms. The molecule has 3 nitrogen and oxygen atoms in total. The van der Waals surface area contributed by atoms with Crippen LogP contribution in [0.25, 0.3) is 0 Å². The molecule has 28 heavy (non-hydrogen) atoms. The van der Waals surface area contributed by atoms with Crippen molar-refractivity contribution in [3.8, 4) is 11.5 Å². The van der Waals surface area contributed by atoms with Crippen LogP contribution in [0.5, 0.6) is 11.5 Å². The number of halogens is 3. The number of hydrogen-bond acceptors (Lipinski definition) is 3. The third kappa shape index (κ3) is 5.15. The Morgan fingerprint density at radius 2 is 1.64 bits per heavy atom. The highest BCUT2D eigenvalue weighted by atomic mass is 35.5. The molecule has 0 radical (unpaired) electrons. The Morgan fingerprint density at radius 1 is 1.07 bits per heavy atom. The molecule has 0 aromatic heterocycles. The van der Waals surface area contributed by atoms with E-state index in [1.54, 1.807) is 6.07 Å². The van der Waals surface area contributed by atoms with Crippen LogP contribution in [0.3, 0.4) is 0 Å². The van der Waals surface area contributed by atoms with Crippen LogP contribution in [0.1, 0.15) is 50.8 Å². The lowest BCUT2D eigenvalue weighted by Crippen LogP contribution is -2.28. The lowest BCUT2D eigenvalue weighted by molar-refractivity contribution is 0.125. The maximum absolute atomic E-state index is 13.9. The quantitative estimate of drug-likeness (QED) is 0.694. The van der Waals surface area contributed by atoms with Gasteiger partial charge in [-0.15, -0.1) is 12.4 Å². The number of fused-ring (bicyclic) bond motifs is 1. The average Bonchev–Trinajstić information content (AvgIpc) is 3.04. The van der Waals surface area contributed by atoms with E-state index in [1.807, 2.05) is 32.9 Å². The van der Waals surface area contributed by atoms with Crippen molar-refractivity contribution >= 4 is 12.4 Å². The molecule has 154 valence electrons. The van der Waals surface area contributed by atoms with E-state index in [9.17, 15) is 13.9 Å². The van der Waals surface area contributed by atoms with Gasteiger partial charge in [0.2, 0.25) is 0 Å². The van der Waals surface area contributed by atoms with Gasteiger partial charge in [0.05, 0.1) is 0 Å². The van der Waals surface area contributed by atoms with Gasteiger partial charge in [0.1, 0.15) is 17.2 Å². The summed E-state index contributed by atoms with van der Waals surface area (Å²) in [5.41, 5.74) is 1.63. The second kappa shape index (κ2) is 8.66. The van der Waals surface area contributed by atoms with Gasteiger partial charge in [0.25, 0.3) is 0 Å². The Hall–Kier alpha value is -1.85. The molecule has 1 heterocycles. The highest BCUT2D eigenvalue weighted by Gasteiger charge is 2.28. The highest BCUT2D eigenvalue weighted by molar-refractivity contribution is 5.85. The Balaban J connectivity index is 0.00000280. The zero-order chi connectivity index (χ0) is 19.8. The molecule has 2 aromatic carbocycles. The molecule has 0 unspecified atom stereocenters. The summed E-state index contributed by atoms with van der Waals surface area (Å²) < 4.78 is 33.7. The molecule has 0 aliphatic carbocycles. The first kappa shape index (κ1) is 22.4. The molecule has 3 rings (SSSR count). The molecule has 1 atom stereocenters. The van der Waals surface area contributed by atoms with Crippen LogP contribution in [0.15, 0.2) is 30.3 Å². The van der Waals surface area contributed by atoms with Crippen molar-refractivity contribution in [2.45, 2.75) is 65.3 Å². The van der Waals surface area contributed by atoms with E-state index >= 15 is 0 Å². The minimum absolute atomic E-state index is 0. The van der Waals surface area contributed by atoms with E-state index < -0.39 is 5.60 Å². The predicted molar refractivity (Wildman–Crippen MR) is 109 cm³/mol. The number of benzene rings is 2.